The van der Waals surface area contributed by atoms with Crippen LogP contribution in [0.25, 0.3) is 0 Å². The third kappa shape index (κ3) is 4.70. The van der Waals surface area contributed by atoms with Gasteiger partial charge in [0.2, 0.25) is 0 Å². The number of para-hydroxylation sites is 1. The first kappa shape index (κ1) is 16.2. The van der Waals surface area contributed by atoms with Gasteiger partial charge in [0.15, 0.2) is 0 Å². The third-order valence-electron chi connectivity index (χ3n) is 3.42. The Labute approximate surface area is 131 Å². The van der Waals surface area contributed by atoms with Crippen molar-refractivity contribution in [3.8, 4) is 5.75 Å². The quantitative estimate of drug-likeness (QED) is 0.849. The van der Waals surface area contributed by atoms with E-state index in [9.17, 15) is 4.79 Å². The summed E-state index contributed by atoms with van der Waals surface area (Å²) in [6.45, 7) is 7.71. The van der Waals surface area contributed by atoms with Crippen LogP contribution in [0, 0.1) is 13.8 Å². The summed E-state index contributed by atoms with van der Waals surface area (Å²) in [5.74, 6) is 0.867. The van der Waals surface area contributed by atoms with E-state index in [0.717, 1.165) is 17.1 Å². The summed E-state index contributed by atoms with van der Waals surface area (Å²) in [5.41, 5.74) is 1.51. The summed E-state index contributed by atoms with van der Waals surface area (Å²) < 4.78 is 7.38. The molecule has 0 bridgehead atoms. The molecular weight excluding hydrogens is 278 g/mol. The van der Waals surface area contributed by atoms with Crippen LogP contribution in [-0.4, -0.2) is 28.7 Å². The molecule has 0 fully saturated rings. The predicted molar refractivity (Wildman–Crippen MR) is 87.4 cm³/mol. The molecule has 0 saturated carbocycles. The fraction of sp³-hybridized carbons (Fsp3) is 0.412. The molecule has 0 amide bonds. The van der Waals surface area contributed by atoms with Gasteiger partial charge in [-0.15, -0.1) is 0 Å². The van der Waals surface area contributed by atoms with Gasteiger partial charge in [-0.25, -0.2) is 4.79 Å². The highest BCUT2D eigenvalue weighted by atomic mass is 16.5. The Hall–Kier alpha value is -2.14. The van der Waals surface area contributed by atoms with Crippen molar-refractivity contribution in [2.75, 3.05) is 13.2 Å². The number of aryl methyl sites for hydroxylation is 2. The Kier molecular flexibility index (Phi) is 5.72. The minimum Gasteiger partial charge on any atom is -0.492 e. The molecule has 0 radical (unpaired) electrons. The molecule has 0 unspecified atom stereocenters. The number of ether oxygens (including phenoxy) is 1. The van der Waals surface area contributed by atoms with Crippen molar-refractivity contribution in [3.63, 3.8) is 0 Å². The molecule has 1 heterocycles. The molecule has 2 rings (SSSR count). The van der Waals surface area contributed by atoms with E-state index in [1.54, 1.807) is 4.57 Å². The highest BCUT2D eigenvalue weighted by molar-refractivity contribution is 5.20. The van der Waals surface area contributed by atoms with E-state index in [0.29, 0.717) is 19.7 Å². The number of aromatic nitrogens is 2. The minimum atomic E-state index is -0.188. The van der Waals surface area contributed by atoms with Gasteiger partial charge < -0.3 is 10.1 Å². The lowest BCUT2D eigenvalue weighted by molar-refractivity contribution is 0.272. The second-order valence-corrected chi connectivity index (χ2v) is 5.45. The van der Waals surface area contributed by atoms with E-state index in [1.807, 2.05) is 50.2 Å². The average Bonchev–Trinajstić information content (AvgIpc) is 2.49. The fourth-order valence-electron chi connectivity index (χ4n) is 2.27. The lowest BCUT2D eigenvalue weighted by Crippen LogP contribution is -2.36. The molecule has 5 heteroatoms. The summed E-state index contributed by atoms with van der Waals surface area (Å²) in [5, 5.41) is 3.36. The summed E-state index contributed by atoms with van der Waals surface area (Å²) >= 11 is 0. The van der Waals surface area contributed by atoms with Crippen LogP contribution >= 0.6 is 0 Å². The molecule has 1 aromatic carbocycles. The maximum atomic E-state index is 11.8. The molecule has 2 aromatic rings. The minimum absolute atomic E-state index is 0.188. The van der Waals surface area contributed by atoms with Gasteiger partial charge in [-0.1, -0.05) is 18.2 Å². The zero-order chi connectivity index (χ0) is 15.9. The van der Waals surface area contributed by atoms with Gasteiger partial charge in [0, 0.05) is 30.5 Å². The Morgan fingerprint density at radius 2 is 2.00 bits per heavy atom. The van der Waals surface area contributed by atoms with Gasteiger partial charge in [0.05, 0.1) is 0 Å². The Morgan fingerprint density at radius 3 is 2.68 bits per heavy atom. The number of hydrogen-bond acceptors (Lipinski definition) is 4. The number of rotatable bonds is 7. The van der Waals surface area contributed by atoms with Gasteiger partial charge in [0.1, 0.15) is 12.4 Å². The first-order valence-corrected chi connectivity index (χ1v) is 7.52. The van der Waals surface area contributed by atoms with Crippen LogP contribution in [0.1, 0.15) is 18.3 Å². The predicted octanol–water partition coefficient (Wildman–Crippen LogP) is 1.92. The Bertz CT molecular complexity index is 653. The first-order chi connectivity index (χ1) is 10.6. The van der Waals surface area contributed by atoms with Crippen molar-refractivity contribution in [3.05, 3.63) is 58.3 Å². The number of nitrogens with zero attached hydrogens (tertiary/aromatic N) is 2. The molecule has 118 valence electrons. The van der Waals surface area contributed by atoms with E-state index < -0.39 is 0 Å². The van der Waals surface area contributed by atoms with Crippen LogP contribution in [0.4, 0.5) is 0 Å². The second-order valence-electron chi connectivity index (χ2n) is 5.45. The topological polar surface area (TPSA) is 56.2 Å². The summed E-state index contributed by atoms with van der Waals surface area (Å²) in [4.78, 5) is 15.8. The number of hydrogen-bond donors (Lipinski definition) is 1. The highest BCUT2D eigenvalue weighted by Crippen LogP contribution is 2.08. The second kappa shape index (κ2) is 7.75. The standard InChI is InChI=1S/C17H23N3O2/c1-13-11-15(3)20(17(21)19-13)10-9-18-14(2)12-22-16-7-5-4-6-8-16/h4-8,11,14,18H,9-10,12H2,1-3H3/t14-/m1/s1. The molecule has 5 nitrogen and oxygen atoms in total. The van der Waals surface area contributed by atoms with Crippen LogP contribution in [0.15, 0.2) is 41.2 Å². The van der Waals surface area contributed by atoms with Crippen molar-refractivity contribution in [1.29, 1.82) is 0 Å². The molecule has 1 N–H and O–H groups in total. The van der Waals surface area contributed by atoms with E-state index in [1.165, 1.54) is 0 Å². The normalized spacial score (nSPS) is 12.1. The summed E-state index contributed by atoms with van der Waals surface area (Å²) in [6, 6.07) is 11.9. The van der Waals surface area contributed by atoms with Gasteiger partial charge in [-0.3, -0.25) is 4.57 Å². The van der Waals surface area contributed by atoms with Crippen molar-refractivity contribution >= 4 is 0 Å². The van der Waals surface area contributed by atoms with E-state index in [4.69, 9.17) is 4.74 Å². The van der Waals surface area contributed by atoms with Gasteiger partial charge >= 0.3 is 5.69 Å². The SMILES string of the molecule is Cc1cc(C)n(CCN[C@H](C)COc2ccccc2)c(=O)n1. The van der Waals surface area contributed by atoms with E-state index in [-0.39, 0.29) is 11.7 Å². The van der Waals surface area contributed by atoms with Crippen LogP contribution in [-0.2, 0) is 6.54 Å². The maximum absolute atomic E-state index is 11.8. The van der Waals surface area contributed by atoms with Gasteiger partial charge in [-0.05, 0) is 39.0 Å². The lowest BCUT2D eigenvalue weighted by Gasteiger charge is -2.16. The maximum Gasteiger partial charge on any atom is 0.347 e. The summed E-state index contributed by atoms with van der Waals surface area (Å²) in [6.07, 6.45) is 0. The molecule has 0 aliphatic carbocycles. The van der Waals surface area contributed by atoms with E-state index in [2.05, 4.69) is 17.2 Å². The fourth-order valence-corrected chi connectivity index (χ4v) is 2.27. The number of benzene rings is 1. The van der Waals surface area contributed by atoms with Crippen LogP contribution in [0.3, 0.4) is 0 Å². The molecule has 0 spiro atoms. The van der Waals surface area contributed by atoms with Crippen LogP contribution < -0.4 is 15.7 Å². The zero-order valence-electron chi connectivity index (χ0n) is 13.4. The molecule has 0 aliphatic heterocycles. The number of nitrogens with one attached hydrogen (secondary N) is 1. The molecule has 1 atom stereocenters. The molecular formula is C17H23N3O2. The lowest BCUT2D eigenvalue weighted by atomic mass is 10.3. The third-order valence-corrected chi connectivity index (χ3v) is 3.42. The van der Waals surface area contributed by atoms with Crippen molar-refractivity contribution < 1.29 is 4.74 Å². The van der Waals surface area contributed by atoms with Crippen LogP contribution in [0.2, 0.25) is 0 Å². The summed E-state index contributed by atoms with van der Waals surface area (Å²) in [7, 11) is 0. The molecule has 0 aliphatic rings. The van der Waals surface area contributed by atoms with Crippen molar-refractivity contribution in [1.82, 2.24) is 14.9 Å². The Balaban J connectivity index is 1.78. The Morgan fingerprint density at radius 1 is 1.27 bits per heavy atom. The molecule has 1 aromatic heterocycles. The highest BCUT2D eigenvalue weighted by Gasteiger charge is 2.05. The van der Waals surface area contributed by atoms with Gasteiger partial charge in [-0.2, -0.15) is 4.98 Å². The van der Waals surface area contributed by atoms with Crippen molar-refractivity contribution in [2.45, 2.75) is 33.4 Å². The monoisotopic (exact) mass is 301 g/mol. The van der Waals surface area contributed by atoms with E-state index >= 15 is 0 Å². The largest absolute Gasteiger partial charge is 0.492 e. The average molecular weight is 301 g/mol. The zero-order valence-corrected chi connectivity index (χ0v) is 13.4. The van der Waals surface area contributed by atoms with Crippen LogP contribution in [0.5, 0.6) is 5.75 Å². The molecule has 0 saturated heterocycles. The first-order valence-electron chi connectivity index (χ1n) is 7.52. The van der Waals surface area contributed by atoms with Gasteiger partial charge in [0.25, 0.3) is 0 Å². The van der Waals surface area contributed by atoms with Crippen molar-refractivity contribution in [2.24, 2.45) is 0 Å². The smallest absolute Gasteiger partial charge is 0.347 e. The molecule has 22 heavy (non-hydrogen) atoms.